The summed E-state index contributed by atoms with van der Waals surface area (Å²) in [7, 11) is -3.76. The van der Waals surface area contributed by atoms with E-state index in [-0.39, 0.29) is 36.3 Å². The summed E-state index contributed by atoms with van der Waals surface area (Å²) >= 11 is 1.08. The number of fused-ring (bicyclic) bond motifs is 1. The monoisotopic (exact) mass is 356 g/mol. The van der Waals surface area contributed by atoms with Crippen LogP contribution in [0.4, 0.5) is 0 Å². The Balaban J connectivity index is 1.94. The minimum absolute atomic E-state index is 0.00825. The van der Waals surface area contributed by atoms with Crippen LogP contribution in [0.15, 0.2) is 34.4 Å². The summed E-state index contributed by atoms with van der Waals surface area (Å²) in [6.45, 7) is 3.55. The molecule has 1 N–H and O–H groups in total. The van der Waals surface area contributed by atoms with Crippen LogP contribution in [0.2, 0.25) is 0 Å². The first-order valence-corrected chi connectivity index (χ1v) is 9.31. The fraction of sp³-hybridized carbons (Fsp3) is 0.429. The van der Waals surface area contributed by atoms with Gasteiger partial charge in [0.05, 0.1) is 5.92 Å². The number of aliphatic carboxylic acids is 1. The van der Waals surface area contributed by atoms with Gasteiger partial charge in [-0.15, -0.1) is 17.9 Å². The molecule has 9 heteroatoms. The maximum absolute atomic E-state index is 12.6. The minimum atomic E-state index is -3.76. The molecule has 7 nitrogen and oxygen atoms in total. The zero-order valence-corrected chi connectivity index (χ0v) is 13.8. The topological polar surface area (TPSA) is 95.0 Å². The molecule has 2 aliphatic heterocycles. The number of carbonyl (C=O) groups excluding carboxylic acids is 1. The molecule has 2 saturated heterocycles. The lowest BCUT2D eigenvalue weighted by molar-refractivity contribution is -0.149. The smallest absolute Gasteiger partial charge is 0.313 e. The Labute approximate surface area is 137 Å². The molecule has 0 bridgehead atoms. The van der Waals surface area contributed by atoms with Gasteiger partial charge in [-0.1, -0.05) is 12.1 Å². The van der Waals surface area contributed by atoms with Crippen molar-refractivity contribution in [2.45, 2.75) is 4.21 Å². The number of carboxylic acid groups (broad SMARTS) is 1. The molecule has 1 aromatic heterocycles. The SMILES string of the molecule is C=CCN1C[C@]2(C(=O)O)CN(S(=O)(=O)c3cccs3)C[C@@H]2C1=O. The standard InChI is InChI=1S/C14H16N2O5S2/c1-2-5-15-8-14(13(18)19)9-16(7-10(14)12(15)17)23(20,21)11-4-3-6-22-11/h2-4,6,10H,1,5,7-9H2,(H,18,19)/t10-,14+/m1/s1. The Morgan fingerprint density at radius 2 is 2.26 bits per heavy atom. The van der Waals surface area contributed by atoms with Gasteiger partial charge in [-0.25, -0.2) is 8.42 Å². The van der Waals surface area contributed by atoms with E-state index in [1.165, 1.54) is 17.0 Å². The fourth-order valence-corrected chi connectivity index (χ4v) is 5.96. The van der Waals surface area contributed by atoms with Crippen LogP contribution < -0.4 is 0 Å². The molecule has 0 aromatic carbocycles. The number of thiophene rings is 1. The molecular weight excluding hydrogens is 340 g/mol. The summed E-state index contributed by atoms with van der Waals surface area (Å²) in [6.07, 6.45) is 1.54. The predicted octanol–water partition coefficient (Wildman–Crippen LogP) is 0.468. The Bertz CT molecular complexity index is 758. The van der Waals surface area contributed by atoms with Gasteiger partial charge in [0.1, 0.15) is 9.62 Å². The normalized spacial score (nSPS) is 28.1. The number of likely N-dealkylation sites (tertiary alicyclic amines) is 1. The molecule has 0 aliphatic carbocycles. The quantitative estimate of drug-likeness (QED) is 0.774. The van der Waals surface area contributed by atoms with E-state index in [1.807, 2.05) is 0 Å². The summed E-state index contributed by atoms with van der Waals surface area (Å²) in [5.74, 6) is -2.31. The van der Waals surface area contributed by atoms with Gasteiger partial charge in [-0.2, -0.15) is 4.31 Å². The van der Waals surface area contributed by atoms with Crippen molar-refractivity contribution < 1.29 is 23.1 Å². The van der Waals surface area contributed by atoms with Gasteiger partial charge in [0.2, 0.25) is 5.91 Å². The van der Waals surface area contributed by atoms with Crippen LogP contribution in [0.3, 0.4) is 0 Å². The average Bonchev–Trinajstić information content (AvgIpc) is 3.18. The number of nitrogens with zero attached hydrogens (tertiary/aromatic N) is 2. The minimum Gasteiger partial charge on any atom is -0.481 e. The van der Waals surface area contributed by atoms with Crippen LogP contribution in [-0.2, 0) is 19.6 Å². The first-order valence-electron chi connectivity index (χ1n) is 6.99. The van der Waals surface area contributed by atoms with E-state index < -0.39 is 27.3 Å². The molecule has 2 fully saturated rings. The maximum atomic E-state index is 12.6. The second-order valence-corrected chi connectivity index (χ2v) is 8.86. The van der Waals surface area contributed by atoms with Gasteiger partial charge in [0.25, 0.3) is 10.0 Å². The Morgan fingerprint density at radius 3 is 2.78 bits per heavy atom. The van der Waals surface area contributed by atoms with Crippen molar-refractivity contribution in [2.24, 2.45) is 11.3 Å². The molecule has 0 radical (unpaired) electrons. The maximum Gasteiger partial charge on any atom is 0.313 e. The lowest BCUT2D eigenvalue weighted by atomic mass is 9.81. The molecule has 124 valence electrons. The van der Waals surface area contributed by atoms with Crippen LogP contribution >= 0.6 is 11.3 Å². The highest BCUT2D eigenvalue weighted by atomic mass is 32.2. The van der Waals surface area contributed by atoms with Crippen molar-refractivity contribution in [3.8, 4) is 0 Å². The molecule has 23 heavy (non-hydrogen) atoms. The summed E-state index contributed by atoms with van der Waals surface area (Å²) in [4.78, 5) is 25.7. The van der Waals surface area contributed by atoms with E-state index in [2.05, 4.69) is 6.58 Å². The van der Waals surface area contributed by atoms with Crippen molar-refractivity contribution in [3.05, 3.63) is 30.2 Å². The largest absolute Gasteiger partial charge is 0.481 e. The predicted molar refractivity (Wildman–Crippen MR) is 83.4 cm³/mol. The Hall–Kier alpha value is -1.71. The molecule has 0 unspecified atom stereocenters. The van der Waals surface area contributed by atoms with Gasteiger partial charge in [-0.3, -0.25) is 9.59 Å². The second-order valence-electron chi connectivity index (χ2n) is 5.75. The number of sulfonamides is 1. The zero-order chi connectivity index (χ0) is 16.8. The Morgan fingerprint density at radius 1 is 1.52 bits per heavy atom. The van der Waals surface area contributed by atoms with Gasteiger partial charge in [-0.05, 0) is 11.4 Å². The van der Waals surface area contributed by atoms with Crippen molar-refractivity contribution >= 4 is 33.2 Å². The second kappa shape index (κ2) is 5.43. The lowest BCUT2D eigenvalue weighted by Crippen LogP contribution is -2.42. The Kier molecular flexibility index (Phi) is 3.81. The molecule has 3 heterocycles. The summed E-state index contributed by atoms with van der Waals surface area (Å²) in [5, 5.41) is 11.3. The molecule has 0 saturated carbocycles. The van der Waals surface area contributed by atoms with Crippen molar-refractivity contribution in [3.63, 3.8) is 0 Å². The van der Waals surface area contributed by atoms with E-state index in [0.717, 1.165) is 15.6 Å². The molecular formula is C14H16N2O5S2. The highest BCUT2D eigenvalue weighted by molar-refractivity contribution is 7.91. The lowest BCUT2D eigenvalue weighted by Gasteiger charge is -2.24. The summed E-state index contributed by atoms with van der Waals surface area (Å²) in [5.41, 5.74) is -1.38. The highest BCUT2D eigenvalue weighted by Gasteiger charge is 2.63. The number of carboxylic acids is 1. The van der Waals surface area contributed by atoms with Crippen LogP contribution in [0.5, 0.6) is 0 Å². The van der Waals surface area contributed by atoms with Gasteiger partial charge in [0.15, 0.2) is 0 Å². The van der Waals surface area contributed by atoms with Crippen LogP contribution in [0.1, 0.15) is 0 Å². The highest BCUT2D eigenvalue weighted by Crippen LogP contribution is 2.45. The first-order chi connectivity index (χ1) is 10.8. The molecule has 0 spiro atoms. The molecule has 3 rings (SSSR count). The van der Waals surface area contributed by atoms with Crippen LogP contribution in [0, 0.1) is 11.3 Å². The number of hydrogen-bond acceptors (Lipinski definition) is 5. The summed E-state index contributed by atoms with van der Waals surface area (Å²) < 4.78 is 26.5. The van der Waals surface area contributed by atoms with E-state index in [0.29, 0.717) is 0 Å². The average molecular weight is 356 g/mol. The summed E-state index contributed by atoms with van der Waals surface area (Å²) in [6, 6.07) is 3.10. The van der Waals surface area contributed by atoms with E-state index in [4.69, 9.17) is 0 Å². The first kappa shape index (κ1) is 16.2. The molecule has 2 aliphatic rings. The number of rotatable bonds is 5. The third kappa shape index (κ3) is 2.30. The molecule has 1 amide bonds. The number of carbonyl (C=O) groups is 2. The molecule has 2 atom stereocenters. The van der Waals surface area contributed by atoms with Gasteiger partial charge in [0, 0.05) is 26.2 Å². The third-order valence-electron chi connectivity index (χ3n) is 4.46. The van der Waals surface area contributed by atoms with Crippen molar-refractivity contribution in [1.82, 2.24) is 9.21 Å². The number of amides is 1. The zero-order valence-electron chi connectivity index (χ0n) is 12.2. The molecule has 1 aromatic rings. The van der Waals surface area contributed by atoms with Crippen molar-refractivity contribution in [2.75, 3.05) is 26.2 Å². The van der Waals surface area contributed by atoms with Crippen molar-refractivity contribution in [1.29, 1.82) is 0 Å². The van der Waals surface area contributed by atoms with Gasteiger partial charge >= 0.3 is 5.97 Å². The van der Waals surface area contributed by atoms with E-state index >= 15 is 0 Å². The van der Waals surface area contributed by atoms with Crippen LogP contribution in [0.25, 0.3) is 0 Å². The fourth-order valence-electron chi connectivity index (χ4n) is 3.30. The van der Waals surface area contributed by atoms with Crippen LogP contribution in [-0.4, -0.2) is 60.8 Å². The third-order valence-corrected chi connectivity index (χ3v) is 7.64. The van der Waals surface area contributed by atoms with E-state index in [1.54, 1.807) is 11.4 Å². The van der Waals surface area contributed by atoms with Gasteiger partial charge < -0.3 is 10.0 Å². The van der Waals surface area contributed by atoms with E-state index in [9.17, 15) is 23.1 Å². The number of hydrogen-bond donors (Lipinski definition) is 1.